The van der Waals surface area contributed by atoms with Crippen LogP contribution in [0.2, 0.25) is 6.82 Å². The molecule has 2 heterocycles. The average molecular weight is 286 g/mol. The summed E-state index contributed by atoms with van der Waals surface area (Å²) in [6.45, 7) is 3.60. The van der Waals surface area contributed by atoms with Crippen LogP contribution in [0.4, 0.5) is 5.69 Å². The van der Waals surface area contributed by atoms with Crippen LogP contribution in [0.25, 0.3) is 6.08 Å². The van der Waals surface area contributed by atoms with E-state index in [1.165, 1.54) is 5.57 Å². The summed E-state index contributed by atoms with van der Waals surface area (Å²) < 4.78 is 5.36. The number of piperidine rings is 1. The Morgan fingerprint density at radius 1 is 1.48 bits per heavy atom. The molecular weight excluding hydrogens is 267 g/mol. The van der Waals surface area contributed by atoms with Gasteiger partial charge in [0.1, 0.15) is 5.75 Å². The molecule has 3 rings (SSSR count). The monoisotopic (exact) mass is 286 g/mol. The summed E-state index contributed by atoms with van der Waals surface area (Å²) in [4.78, 5) is 13.4. The predicted octanol–water partition coefficient (Wildman–Crippen LogP) is 1.61. The molecule has 110 valence electrons. The standard InChI is InChI=1S/C15H19BN2O3/c1-16(20)18-6-2-3-12(9-18)7-11-4-5-14-13(8-11)17-15(19)10-21-14/h4-5,7-8,20H,2-3,6,9-10H2,1H3,(H,17,19)/b12-7+. The van der Waals surface area contributed by atoms with Gasteiger partial charge in [0, 0.05) is 6.54 Å². The molecular formula is C15H19BN2O3. The molecule has 0 saturated carbocycles. The molecule has 2 aliphatic rings. The summed E-state index contributed by atoms with van der Waals surface area (Å²) in [6.07, 6.45) is 4.24. The van der Waals surface area contributed by atoms with Gasteiger partial charge in [-0.25, -0.2) is 0 Å². The summed E-state index contributed by atoms with van der Waals surface area (Å²) >= 11 is 0. The second kappa shape index (κ2) is 5.91. The SMILES string of the molecule is CB(O)N1CCC/C(=C\c2ccc3c(c2)NC(=O)CO3)C1. The maximum Gasteiger partial charge on any atom is 0.376 e. The first-order valence-electron chi connectivity index (χ1n) is 7.30. The van der Waals surface area contributed by atoms with Crippen molar-refractivity contribution in [1.82, 2.24) is 4.81 Å². The number of nitrogens with zero attached hydrogens (tertiary/aromatic N) is 1. The van der Waals surface area contributed by atoms with Crippen LogP contribution in [0.1, 0.15) is 18.4 Å². The van der Waals surface area contributed by atoms with Gasteiger partial charge in [-0.15, -0.1) is 0 Å². The van der Waals surface area contributed by atoms with Crippen molar-refractivity contribution in [2.75, 3.05) is 25.0 Å². The highest BCUT2D eigenvalue weighted by atomic mass is 16.5. The first kappa shape index (κ1) is 14.2. The summed E-state index contributed by atoms with van der Waals surface area (Å²) in [7, 11) is -0.412. The molecule has 0 radical (unpaired) electrons. The zero-order chi connectivity index (χ0) is 14.8. The van der Waals surface area contributed by atoms with E-state index in [9.17, 15) is 9.82 Å². The first-order chi connectivity index (χ1) is 10.1. The van der Waals surface area contributed by atoms with Crippen molar-refractivity contribution in [2.24, 2.45) is 0 Å². The van der Waals surface area contributed by atoms with Crippen LogP contribution in [-0.4, -0.2) is 42.5 Å². The van der Waals surface area contributed by atoms with Gasteiger partial charge in [0.05, 0.1) is 5.69 Å². The van der Waals surface area contributed by atoms with Gasteiger partial charge in [0.25, 0.3) is 5.91 Å². The third-order valence-electron chi connectivity index (χ3n) is 3.89. The minimum Gasteiger partial charge on any atom is -0.482 e. The van der Waals surface area contributed by atoms with Crippen molar-refractivity contribution in [3.8, 4) is 5.75 Å². The van der Waals surface area contributed by atoms with Crippen molar-refractivity contribution in [1.29, 1.82) is 0 Å². The Morgan fingerprint density at radius 2 is 2.33 bits per heavy atom. The Bertz CT molecular complexity index is 586. The smallest absolute Gasteiger partial charge is 0.376 e. The van der Waals surface area contributed by atoms with E-state index in [0.29, 0.717) is 5.75 Å². The van der Waals surface area contributed by atoms with E-state index in [-0.39, 0.29) is 12.5 Å². The lowest BCUT2D eigenvalue weighted by atomic mass is 9.82. The quantitative estimate of drug-likeness (QED) is 0.811. The van der Waals surface area contributed by atoms with E-state index < -0.39 is 7.05 Å². The normalized spacial score (nSPS) is 20.7. The molecule has 1 saturated heterocycles. The molecule has 0 bridgehead atoms. The highest BCUT2D eigenvalue weighted by molar-refractivity contribution is 6.45. The number of carbonyl (C=O) groups excluding carboxylic acids is 1. The van der Waals surface area contributed by atoms with Crippen LogP contribution in [0.15, 0.2) is 23.8 Å². The van der Waals surface area contributed by atoms with Crippen molar-refractivity contribution < 1.29 is 14.6 Å². The number of ether oxygens (including phenoxy) is 1. The number of anilines is 1. The Kier molecular flexibility index (Phi) is 3.99. The van der Waals surface area contributed by atoms with Gasteiger partial charge in [0.2, 0.25) is 0 Å². The number of rotatable bonds is 2. The van der Waals surface area contributed by atoms with Gasteiger partial charge >= 0.3 is 7.05 Å². The summed E-state index contributed by atoms with van der Waals surface area (Å²) in [5, 5.41) is 12.5. The summed E-state index contributed by atoms with van der Waals surface area (Å²) in [5.41, 5.74) is 3.07. The predicted molar refractivity (Wildman–Crippen MR) is 83.2 cm³/mol. The third kappa shape index (κ3) is 3.28. The van der Waals surface area contributed by atoms with E-state index in [2.05, 4.69) is 16.2 Å². The molecule has 1 aromatic rings. The molecule has 1 aromatic carbocycles. The minimum absolute atomic E-state index is 0.0801. The van der Waals surface area contributed by atoms with E-state index in [0.717, 1.165) is 37.2 Å². The maximum atomic E-state index is 11.4. The Morgan fingerprint density at radius 3 is 3.14 bits per heavy atom. The van der Waals surface area contributed by atoms with Crippen molar-refractivity contribution in [3.05, 3.63) is 29.3 Å². The lowest BCUT2D eigenvalue weighted by Crippen LogP contribution is -2.41. The molecule has 0 aromatic heterocycles. The van der Waals surface area contributed by atoms with E-state index in [1.54, 1.807) is 6.82 Å². The Labute approximate surface area is 124 Å². The highest BCUT2D eigenvalue weighted by Gasteiger charge is 2.21. The van der Waals surface area contributed by atoms with Gasteiger partial charge in [-0.2, -0.15) is 0 Å². The molecule has 1 amide bonds. The van der Waals surface area contributed by atoms with Gasteiger partial charge in [-0.05, 0) is 43.9 Å². The molecule has 21 heavy (non-hydrogen) atoms. The molecule has 0 atom stereocenters. The number of fused-ring (bicyclic) bond motifs is 1. The zero-order valence-electron chi connectivity index (χ0n) is 12.1. The van der Waals surface area contributed by atoms with Crippen LogP contribution in [0.3, 0.4) is 0 Å². The number of benzene rings is 1. The van der Waals surface area contributed by atoms with Crippen molar-refractivity contribution >= 4 is 24.7 Å². The van der Waals surface area contributed by atoms with Gasteiger partial charge < -0.3 is 19.9 Å². The molecule has 0 unspecified atom stereocenters. The molecule has 2 aliphatic heterocycles. The Balaban J connectivity index is 1.79. The van der Waals surface area contributed by atoms with Crippen LogP contribution in [0.5, 0.6) is 5.75 Å². The molecule has 2 N–H and O–H groups in total. The fraction of sp³-hybridized carbons (Fsp3) is 0.400. The molecule has 0 spiro atoms. The van der Waals surface area contributed by atoms with E-state index in [4.69, 9.17) is 4.74 Å². The second-order valence-electron chi connectivity index (χ2n) is 5.60. The fourth-order valence-electron chi connectivity index (χ4n) is 2.79. The second-order valence-corrected chi connectivity index (χ2v) is 5.60. The average Bonchev–Trinajstić information content (AvgIpc) is 2.47. The molecule has 6 heteroatoms. The Hall–Kier alpha value is -1.79. The van der Waals surface area contributed by atoms with Crippen LogP contribution < -0.4 is 10.1 Å². The summed E-state index contributed by atoms with van der Waals surface area (Å²) in [5.74, 6) is 0.594. The van der Waals surface area contributed by atoms with Gasteiger partial charge in [0.15, 0.2) is 6.61 Å². The summed E-state index contributed by atoms with van der Waals surface area (Å²) in [6, 6.07) is 5.81. The number of hydrogen-bond acceptors (Lipinski definition) is 4. The minimum atomic E-state index is -0.412. The van der Waals surface area contributed by atoms with Crippen molar-refractivity contribution in [3.63, 3.8) is 0 Å². The molecule has 1 fully saturated rings. The topological polar surface area (TPSA) is 61.8 Å². The first-order valence-corrected chi connectivity index (χ1v) is 7.30. The number of nitrogens with one attached hydrogen (secondary N) is 1. The lowest BCUT2D eigenvalue weighted by Gasteiger charge is -2.29. The largest absolute Gasteiger partial charge is 0.482 e. The number of hydrogen-bond donors (Lipinski definition) is 2. The fourth-order valence-corrected chi connectivity index (χ4v) is 2.79. The number of carbonyl (C=O) groups is 1. The van der Waals surface area contributed by atoms with Gasteiger partial charge in [-0.1, -0.05) is 17.7 Å². The van der Waals surface area contributed by atoms with Crippen LogP contribution in [-0.2, 0) is 4.79 Å². The van der Waals surface area contributed by atoms with Crippen molar-refractivity contribution in [2.45, 2.75) is 19.7 Å². The third-order valence-corrected chi connectivity index (χ3v) is 3.89. The van der Waals surface area contributed by atoms with Gasteiger partial charge in [-0.3, -0.25) is 4.79 Å². The van der Waals surface area contributed by atoms with E-state index in [1.807, 2.05) is 18.2 Å². The molecule has 0 aliphatic carbocycles. The maximum absolute atomic E-state index is 11.4. The van der Waals surface area contributed by atoms with Crippen LogP contribution in [0, 0.1) is 0 Å². The lowest BCUT2D eigenvalue weighted by molar-refractivity contribution is -0.118. The number of amides is 1. The van der Waals surface area contributed by atoms with E-state index >= 15 is 0 Å². The van der Waals surface area contributed by atoms with Crippen LogP contribution >= 0.6 is 0 Å². The molecule has 5 nitrogen and oxygen atoms in total. The highest BCUT2D eigenvalue weighted by Crippen LogP contribution is 2.30. The zero-order valence-corrected chi connectivity index (χ0v) is 12.1.